The Hall–Kier alpha value is -1.07. The van der Waals surface area contributed by atoms with E-state index in [1.54, 1.807) is 11.8 Å². The zero-order valence-corrected chi connectivity index (χ0v) is 12.1. The lowest BCUT2D eigenvalue weighted by atomic mass is 10.1. The largest absolute Gasteiger partial charge is 0.481 e. The molecule has 19 heavy (non-hydrogen) atoms. The highest BCUT2D eigenvalue weighted by Gasteiger charge is 2.22. The summed E-state index contributed by atoms with van der Waals surface area (Å²) in [6.07, 6.45) is 5.27. The predicted molar refractivity (Wildman–Crippen MR) is 74.2 cm³/mol. The molecule has 0 spiro atoms. The Kier molecular flexibility index (Phi) is 4.82. The van der Waals surface area contributed by atoms with Gasteiger partial charge in [0.15, 0.2) is 0 Å². The molecule has 0 aliphatic heterocycles. The first kappa shape index (κ1) is 14.3. The van der Waals surface area contributed by atoms with E-state index in [9.17, 15) is 5.11 Å². The zero-order valence-electron chi connectivity index (χ0n) is 12.1. The summed E-state index contributed by atoms with van der Waals surface area (Å²) in [5, 5.41) is 18.0. The number of nitrogens with zero attached hydrogens (tertiary/aromatic N) is 2. The van der Waals surface area contributed by atoms with E-state index < -0.39 is 0 Å². The van der Waals surface area contributed by atoms with E-state index in [0.29, 0.717) is 6.54 Å². The van der Waals surface area contributed by atoms with Crippen LogP contribution in [0.5, 0.6) is 5.88 Å². The highest BCUT2D eigenvalue weighted by atomic mass is 16.5. The number of hydrogen-bond donors (Lipinski definition) is 2. The maximum absolute atomic E-state index is 10.1. The van der Waals surface area contributed by atoms with Crippen LogP contribution in [0.1, 0.15) is 43.4 Å². The summed E-state index contributed by atoms with van der Waals surface area (Å²) in [5.74, 6) is 0.799. The molecule has 0 aromatic carbocycles. The molecule has 1 aromatic rings. The molecule has 2 atom stereocenters. The normalized spacial score (nSPS) is 24.2. The van der Waals surface area contributed by atoms with Gasteiger partial charge >= 0.3 is 0 Å². The minimum Gasteiger partial charge on any atom is -0.481 e. The van der Waals surface area contributed by atoms with Crippen LogP contribution in [-0.2, 0) is 13.6 Å². The van der Waals surface area contributed by atoms with Crippen molar-refractivity contribution in [3.05, 3.63) is 11.3 Å². The summed E-state index contributed by atoms with van der Waals surface area (Å²) < 4.78 is 7.15. The third kappa shape index (κ3) is 3.28. The number of nitrogens with one attached hydrogen (secondary N) is 1. The first-order chi connectivity index (χ1) is 9.13. The van der Waals surface area contributed by atoms with Gasteiger partial charge in [-0.25, -0.2) is 4.68 Å². The highest BCUT2D eigenvalue weighted by molar-refractivity contribution is 5.30. The van der Waals surface area contributed by atoms with Crippen LogP contribution in [0, 0.1) is 6.92 Å². The third-order valence-electron chi connectivity index (χ3n) is 4.00. The molecule has 1 saturated carbocycles. The maximum atomic E-state index is 10.1. The van der Waals surface area contributed by atoms with Crippen LogP contribution in [0.2, 0.25) is 0 Å². The van der Waals surface area contributed by atoms with Crippen molar-refractivity contribution < 1.29 is 9.84 Å². The first-order valence-electron chi connectivity index (χ1n) is 7.11. The summed E-state index contributed by atoms with van der Waals surface area (Å²) in [4.78, 5) is 0. The molecular formula is C14H25N3O2. The molecule has 0 radical (unpaired) electrons. The summed E-state index contributed by atoms with van der Waals surface area (Å²) in [7, 11) is 3.55. The zero-order chi connectivity index (χ0) is 13.8. The van der Waals surface area contributed by atoms with Crippen LogP contribution >= 0.6 is 0 Å². The van der Waals surface area contributed by atoms with E-state index in [0.717, 1.165) is 36.4 Å². The molecule has 1 aromatic heterocycles. The van der Waals surface area contributed by atoms with Crippen molar-refractivity contribution >= 4 is 0 Å². The minimum atomic E-state index is -0.231. The third-order valence-corrected chi connectivity index (χ3v) is 4.00. The maximum Gasteiger partial charge on any atom is 0.216 e. The molecule has 1 aliphatic rings. The second kappa shape index (κ2) is 6.39. The van der Waals surface area contributed by atoms with Crippen LogP contribution in [0.15, 0.2) is 0 Å². The van der Waals surface area contributed by atoms with E-state index in [4.69, 9.17) is 4.74 Å². The molecule has 0 amide bonds. The number of aliphatic hydroxyl groups excluding tert-OH is 1. The fourth-order valence-electron chi connectivity index (χ4n) is 2.90. The number of aliphatic hydroxyl groups is 1. The van der Waals surface area contributed by atoms with Gasteiger partial charge in [0.25, 0.3) is 0 Å². The van der Waals surface area contributed by atoms with Gasteiger partial charge in [0.1, 0.15) is 0 Å². The molecule has 0 saturated heterocycles. The van der Waals surface area contributed by atoms with Crippen molar-refractivity contribution in [1.29, 1.82) is 0 Å². The summed E-state index contributed by atoms with van der Waals surface area (Å²) in [6, 6.07) is 0.187. The lowest BCUT2D eigenvalue weighted by molar-refractivity contribution is 0.119. The Balaban J connectivity index is 2.01. The molecule has 1 fully saturated rings. The monoisotopic (exact) mass is 267 g/mol. The van der Waals surface area contributed by atoms with Crippen molar-refractivity contribution in [3.8, 4) is 5.88 Å². The minimum absolute atomic E-state index is 0.187. The highest BCUT2D eigenvalue weighted by Crippen LogP contribution is 2.22. The first-order valence-corrected chi connectivity index (χ1v) is 7.11. The van der Waals surface area contributed by atoms with E-state index in [1.165, 1.54) is 12.8 Å². The van der Waals surface area contributed by atoms with Crippen LogP contribution < -0.4 is 10.1 Å². The van der Waals surface area contributed by atoms with Crippen molar-refractivity contribution in [1.82, 2.24) is 15.1 Å². The average molecular weight is 267 g/mol. The fourth-order valence-corrected chi connectivity index (χ4v) is 2.90. The Morgan fingerprint density at radius 1 is 1.37 bits per heavy atom. The van der Waals surface area contributed by atoms with Gasteiger partial charge in [-0.3, -0.25) is 0 Å². The molecule has 5 nitrogen and oxygen atoms in total. The fraction of sp³-hybridized carbons (Fsp3) is 0.786. The summed E-state index contributed by atoms with van der Waals surface area (Å²) >= 11 is 0. The van der Waals surface area contributed by atoms with Crippen molar-refractivity contribution in [2.45, 2.75) is 57.7 Å². The molecule has 1 aliphatic carbocycles. The van der Waals surface area contributed by atoms with Gasteiger partial charge in [0, 0.05) is 19.6 Å². The number of aryl methyl sites for hydroxylation is 2. The molecule has 5 heteroatoms. The van der Waals surface area contributed by atoms with E-state index in [2.05, 4.69) is 10.4 Å². The summed E-state index contributed by atoms with van der Waals surface area (Å²) in [6.45, 7) is 2.69. The van der Waals surface area contributed by atoms with Crippen LogP contribution in [0.4, 0.5) is 0 Å². The van der Waals surface area contributed by atoms with Crippen LogP contribution in [0.25, 0.3) is 0 Å². The Morgan fingerprint density at radius 2 is 2.11 bits per heavy atom. The smallest absolute Gasteiger partial charge is 0.216 e. The molecular weight excluding hydrogens is 242 g/mol. The molecule has 2 rings (SSSR count). The number of hydrogen-bond acceptors (Lipinski definition) is 4. The second-order valence-electron chi connectivity index (χ2n) is 5.39. The Morgan fingerprint density at radius 3 is 2.84 bits per heavy atom. The van der Waals surface area contributed by atoms with Crippen LogP contribution in [0.3, 0.4) is 0 Å². The van der Waals surface area contributed by atoms with E-state index in [1.807, 2.05) is 14.0 Å². The number of aromatic nitrogens is 2. The number of methoxy groups -OCH3 is 1. The van der Waals surface area contributed by atoms with Gasteiger partial charge in [-0.1, -0.05) is 19.3 Å². The van der Waals surface area contributed by atoms with Gasteiger partial charge in [-0.2, -0.15) is 5.10 Å². The predicted octanol–water partition coefficient (Wildman–Crippen LogP) is 1.52. The van der Waals surface area contributed by atoms with Crippen molar-refractivity contribution in [3.63, 3.8) is 0 Å². The lowest BCUT2D eigenvalue weighted by Crippen LogP contribution is -2.38. The average Bonchev–Trinajstić information content (AvgIpc) is 2.53. The van der Waals surface area contributed by atoms with Gasteiger partial charge in [-0.15, -0.1) is 0 Å². The molecule has 2 unspecified atom stereocenters. The van der Waals surface area contributed by atoms with E-state index in [-0.39, 0.29) is 12.1 Å². The summed E-state index contributed by atoms with van der Waals surface area (Å²) in [5.41, 5.74) is 2.07. The molecule has 0 bridgehead atoms. The van der Waals surface area contributed by atoms with Crippen LogP contribution in [-0.4, -0.2) is 34.1 Å². The van der Waals surface area contributed by atoms with Crippen molar-refractivity contribution in [2.75, 3.05) is 7.11 Å². The van der Waals surface area contributed by atoms with Gasteiger partial charge in [0.2, 0.25) is 5.88 Å². The quantitative estimate of drug-likeness (QED) is 0.812. The molecule has 2 N–H and O–H groups in total. The number of rotatable bonds is 4. The SMILES string of the molecule is COc1c(CNC2CCCCCC2O)c(C)nn1C. The topological polar surface area (TPSA) is 59.3 Å². The standard InChI is InChI=1S/C14H25N3O2/c1-10-11(14(19-3)17(2)16-10)9-15-12-7-5-4-6-8-13(12)18/h12-13,15,18H,4-9H2,1-3H3. The number of ether oxygens (including phenoxy) is 1. The Labute approximate surface area is 115 Å². The van der Waals surface area contributed by atoms with E-state index >= 15 is 0 Å². The molecule has 108 valence electrons. The Bertz CT molecular complexity index is 417. The van der Waals surface area contributed by atoms with Gasteiger partial charge < -0.3 is 15.2 Å². The lowest BCUT2D eigenvalue weighted by Gasteiger charge is -2.22. The van der Waals surface area contributed by atoms with Gasteiger partial charge in [-0.05, 0) is 19.8 Å². The van der Waals surface area contributed by atoms with Crippen molar-refractivity contribution in [2.24, 2.45) is 7.05 Å². The molecule has 1 heterocycles. The second-order valence-corrected chi connectivity index (χ2v) is 5.39. The van der Waals surface area contributed by atoms with Gasteiger partial charge in [0.05, 0.1) is 24.5 Å².